The zero-order chi connectivity index (χ0) is 15.9. The molecule has 1 saturated heterocycles. The van der Waals surface area contributed by atoms with Crippen molar-refractivity contribution in [1.82, 2.24) is 4.90 Å². The third-order valence-corrected chi connectivity index (χ3v) is 6.93. The summed E-state index contributed by atoms with van der Waals surface area (Å²) in [5, 5.41) is 0. The van der Waals surface area contributed by atoms with Crippen LogP contribution >= 0.6 is 0 Å². The summed E-state index contributed by atoms with van der Waals surface area (Å²) >= 11 is 0. The Kier molecular flexibility index (Phi) is 4.13. The maximum atomic E-state index is 13.3. The first-order valence-electron chi connectivity index (χ1n) is 9.49. The van der Waals surface area contributed by atoms with Crippen molar-refractivity contribution < 1.29 is 9.53 Å². The van der Waals surface area contributed by atoms with E-state index >= 15 is 0 Å². The van der Waals surface area contributed by atoms with Gasteiger partial charge >= 0.3 is 0 Å². The monoisotopic (exact) mass is 315 g/mol. The second kappa shape index (κ2) is 6.13. The highest BCUT2D eigenvalue weighted by Crippen LogP contribution is 2.60. The Hall–Kier alpha value is -1.01. The molecule has 4 saturated carbocycles. The lowest BCUT2D eigenvalue weighted by atomic mass is 9.49. The molecule has 126 valence electrons. The van der Waals surface area contributed by atoms with Gasteiger partial charge in [0, 0.05) is 13.1 Å². The van der Waals surface area contributed by atoms with Gasteiger partial charge in [-0.3, -0.25) is 4.79 Å². The second-order valence-corrected chi connectivity index (χ2v) is 8.65. The summed E-state index contributed by atoms with van der Waals surface area (Å²) in [5.74, 6) is 6.14. The highest BCUT2D eigenvalue weighted by atomic mass is 16.5. The maximum absolute atomic E-state index is 13.3. The van der Waals surface area contributed by atoms with E-state index in [1.807, 2.05) is 0 Å². The topological polar surface area (TPSA) is 29.5 Å². The van der Waals surface area contributed by atoms with E-state index in [0.717, 1.165) is 50.3 Å². The number of ether oxygens (including phenoxy) is 1. The molecule has 0 aromatic carbocycles. The van der Waals surface area contributed by atoms with Crippen LogP contribution in [0.25, 0.3) is 0 Å². The van der Waals surface area contributed by atoms with Gasteiger partial charge in [0.2, 0.25) is 5.91 Å². The summed E-state index contributed by atoms with van der Waals surface area (Å²) in [6.07, 6.45) is 15.1. The summed E-state index contributed by atoms with van der Waals surface area (Å²) in [7, 11) is 0. The van der Waals surface area contributed by atoms with Crippen LogP contribution in [0.3, 0.4) is 0 Å². The Labute approximate surface area is 140 Å². The van der Waals surface area contributed by atoms with Gasteiger partial charge < -0.3 is 9.64 Å². The van der Waals surface area contributed by atoms with Gasteiger partial charge in [0.05, 0.1) is 12.0 Å². The van der Waals surface area contributed by atoms with Crippen LogP contribution in [-0.4, -0.2) is 37.1 Å². The molecule has 0 radical (unpaired) electrons. The standard InChI is InChI=1S/C20H29NO2/c1-2-7-23-14-15-3-5-21(6-4-15)19(22)20-11-16-8-17(12-20)10-18(9-16)13-20/h1,15-18H,3-14H2. The van der Waals surface area contributed by atoms with Crippen LogP contribution in [0.1, 0.15) is 51.4 Å². The highest BCUT2D eigenvalue weighted by Gasteiger charge is 2.55. The van der Waals surface area contributed by atoms with Gasteiger partial charge in [0.1, 0.15) is 6.61 Å². The number of carbonyl (C=O) groups excluding carboxylic acids is 1. The van der Waals surface area contributed by atoms with Gasteiger partial charge in [-0.25, -0.2) is 0 Å². The number of carbonyl (C=O) groups is 1. The van der Waals surface area contributed by atoms with Crippen LogP contribution in [0.2, 0.25) is 0 Å². The van der Waals surface area contributed by atoms with Gasteiger partial charge in [-0.1, -0.05) is 5.92 Å². The smallest absolute Gasteiger partial charge is 0.228 e. The lowest BCUT2D eigenvalue weighted by Gasteiger charge is -2.57. The van der Waals surface area contributed by atoms with Gasteiger partial charge in [-0.15, -0.1) is 6.42 Å². The molecule has 23 heavy (non-hydrogen) atoms. The zero-order valence-electron chi connectivity index (χ0n) is 14.1. The van der Waals surface area contributed by atoms with Crippen LogP contribution in [0.4, 0.5) is 0 Å². The first kappa shape index (κ1) is 15.5. The molecule has 0 spiro atoms. The molecule has 5 fully saturated rings. The Bertz CT molecular complexity index is 463. The Morgan fingerprint density at radius 3 is 2.17 bits per heavy atom. The van der Waals surface area contributed by atoms with E-state index < -0.39 is 0 Å². The van der Waals surface area contributed by atoms with Crippen molar-refractivity contribution in [1.29, 1.82) is 0 Å². The van der Waals surface area contributed by atoms with Crippen LogP contribution < -0.4 is 0 Å². The zero-order valence-corrected chi connectivity index (χ0v) is 14.1. The Morgan fingerprint density at radius 2 is 1.65 bits per heavy atom. The lowest BCUT2D eigenvalue weighted by molar-refractivity contribution is -0.159. The van der Waals surface area contributed by atoms with Gasteiger partial charge in [0.15, 0.2) is 0 Å². The van der Waals surface area contributed by atoms with Crippen molar-refractivity contribution in [3.05, 3.63) is 0 Å². The van der Waals surface area contributed by atoms with E-state index in [2.05, 4.69) is 10.8 Å². The largest absolute Gasteiger partial charge is 0.369 e. The molecule has 1 heterocycles. The number of likely N-dealkylation sites (tertiary alicyclic amines) is 1. The van der Waals surface area contributed by atoms with Crippen LogP contribution in [0.5, 0.6) is 0 Å². The minimum Gasteiger partial charge on any atom is -0.369 e. The van der Waals surface area contributed by atoms with Crippen LogP contribution in [0.15, 0.2) is 0 Å². The lowest BCUT2D eigenvalue weighted by Crippen LogP contribution is -2.55. The Morgan fingerprint density at radius 1 is 1.09 bits per heavy atom. The predicted molar refractivity (Wildman–Crippen MR) is 89.6 cm³/mol. The van der Waals surface area contributed by atoms with E-state index in [1.165, 1.54) is 38.5 Å². The van der Waals surface area contributed by atoms with Crippen molar-refractivity contribution in [2.24, 2.45) is 29.1 Å². The van der Waals surface area contributed by atoms with Gasteiger partial charge in [-0.2, -0.15) is 0 Å². The molecule has 4 bridgehead atoms. The number of rotatable bonds is 4. The summed E-state index contributed by atoms with van der Waals surface area (Å²) < 4.78 is 5.48. The van der Waals surface area contributed by atoms with Crippen molar-refractivity contribution in [2.45, 2.75) is 51.4 Å². The third kappa shape index (κ3) is 2.91. The summed E-state index contributed by atoms with van der Waals surface area (Å²) in [5.41, 5.74) is 0.0293. The van der Waals surface area contributed by atoms with E-state index in [4.69, 9.17) is 11.2 Å². The average Bonchev–Trinajstić information content (AvgIpc) is 2.54. The van der Waals surface area contributed by atoms with E-state index in [1.54, 1.807) is 0 Å². The first-order chi connectivity index (χ1) is 11.2. The number of nitrogens with zero attached hydrogens (tertiary/aromatic N) is 1. The van der Waals surface area contributed by atoms with E-state index in [9.17, 15) is 4.79 Å². The fraction of sp³-hybridized carbons (Fsp3) is 0.850. The number of piperidine rings is 1. The Balaban J connectivity index is 1.35. The average molecular weight is 315 g/mol. The molecule has 5 aliphatic rings. The molecule has 0 N–H and O–H groups in total. The van der Waals surface area contributed by atoms with Crippen LogP contribution in [-0.2, 0) is 9.53 Å². The molecular weight excluding hydrogens is 286 g/mol. The summed E-state index contributed by atoms with van der Waals surface area (Å²) in [6.45, 7) is 3.01. The van der Waals surface area contributed by atoms with Crippen molar-refractivity contribution in [3.8, 4) is 12.3 Å². The normalized spacial score (nSPS) is 39.4. The van der Waals surface area contributed by atoms with E-state index in [0.29, 0.717) is 18.4 Å². The first-order valence-corrected chi connectivity index (χ1v) is 9.49. The summed E-state index contributed by atoms with van der Waals surface area (Å²) in [6, 6.07) is 0. The highest BCUT2D eigenvalue weighted by molar-refractivity contribution is 5.83. The molecule has 3 nitrogen and oxygen atoms in total. The molecule has 1 aliphatic heterocycles. The van der Waals surface area contributed by atoms with Gasteiger partial charge in [0.25, 0.3) is 0 Å². The van der Waals surface area contributed by atoms with Crippen molar-refractivity contribution >= 4 is 5.91 Å². The molecule has 4 aliphatic carbocycles. The second-order valence-electron chi connectivity index (χ2n) is 8.65. The molecule has 5 rings (SSSR count). The number of amides is 1. The fourth-order valence-electron chi connectivity index (χ4n) is 6.30. The van der Waals surface area contributed by atoms with E-state index in [-0.39, 0.29) is 5.41 Å². The molecule has 3 heteroatoms. The molecule has 0 unspecified atom stereocenters. The fourth-order valence-corrected chi connectivity index (χ4v) is 6.30. The SMILES string of the molecule is C#CCOCC1CCN(C(=O)C23CC4CC(CC(C4)C2)C3)CC1. The minimum absolute atomic E-state index is 0.0293. The van der Waals surface area contributed by atoms with Gasteiger partial charge in [-0.05, 0) is 75.0 Å². The third-order valence-electron chi connectivity index (χ3n) is 6.93. The molecule has 0 aromatic rings. The molecule has 1 amide bonds. The maximum Gasteiger partial charge on any atom is 0.228 e. The van der Waals surface area contributed by atoms with Crippen molar-refractivity contribution in [2.75, 3.05) is 26.3 Å². The number of terminal acetylenes is 1. The minimum atomic E-state index is 0.0293. The number of hydrogen-bond donors (Lipinski definition) is 0. The molecule has 0 atom stereocenters. The summed E-state index contributed by atoms with van der Waals surface area (Å²) in [4.78, 5) is 15.5. The van der Waals surface area contributed by atoms with Crippen molar-refractivity contribution in [3.63, 3.8) is 0 Å². The van der Waals surface area contributed by atoms with Crippen LogP contribution in [0, 0.1) is 41.4 Å². The molecular formula is C20H29NO2. The number of hydrogen-bond acceptors (Lipinski definition) is 2. The predicted octanol–water partition coefficient (Wildman–Crippen LogP) is 3.09. The quantitative estimate of drug-likeness (QED) is 0.589. The molecule has 0 aromatic heterocycles.